The zero-order chi connectivity index (χ0) is 12.4. The van der Waals surface area contributed by atoms with Crippen molar-refractivity contribution in [1.82, 2.24) is 4.90 Å². The molecule has 18 heavy (non-hydrogen) atoms. The van der Waals surface area contributed by atoms with Crippen molar-refractivity contribution < 1.29 is 4.74 Å². The number of nitrogens with one attached hydrogen (secondary N) is 1. The topological polar surface area (TPSA) is 24.5 Å². The quantitative estimate of drug-likeness (QED) is 0.887. The number of methoxy groups -OCH3 is 1. The van der Waals surface area contributed by atoms with Gasteiger partial charge in [0.15, 0.2) is 0 Å². The lowest BCUT2D eigenvalue weighted by Crippen LogP contribution is -2.42. The second-order valence-corrected chi connectivity index (χ2v) is 5.43. The maximum Gasteiger partial charge on any atom is 0.119 e. The Balaban J connectivity index is 1.58. The Morgan fingerprint density at radius 3 is 2.78 bits per heavy atom. The second-order valence-electron chi connectivity index (χ2n) is 5.43. The van der Waals surface area contributed by atoms with E-state index in [-0.39, 0.29) is 0 Å². The second kappa shape index (κ2) is 5.19. The zero-order valence-electron chi connectivity index (χ0n) is 11.1. The van der Waals surface area contributed by atoms with Crippen LogP contribution in [0.25, 0.3) is 0 Å². The highest BCUT2D eigenvalue weighted by Gasteiger charge is 2.31. The van der Waals surface area contributed by atoms with Crippen LogP contribution in [0.4, 0.5) is 5.69 Å². The zero-order valence-corrected chi connectivity index (χ0v) is 11.1. The maximum atomic E-state index is 5.18. The average molecular weight is 246 g/mol. The van der Waals surface area contributed by atoms with E-state index in [4.69, 9.17) is 4.74 Å². The Morgan fingerprint density at radius 1 is 1.17 bits per heavy atom. The Morgan fingerprint density at radius 2 is 2.00 bits per heavy atom. The highest BCUT2D eigenvalue weighted by Crippen LogP contribution is 2.28. The number of piperidine rings is 1. The molecule has 1 N–H and O–H groups in total. The van der Waals surface area contributed by atoms with E-state index < -0.39 is 0 Å². The summed E-state index contributed by atoms with van der Waals surface area (Å²) in [5.74, 6) is 0.922. The summed E-state index contributed by atoms with van der Waals surface area (Å²) in [4.78, 5) is 2.66. The minimum Gasteiger partial charge on any atom is -0.497 e. The van der Waals surface area contributed by atoms with Gasteiger partial charge in [-0.05, 0) is 56.5 Å². The van der Waals surface area contributed by atoms with Crippen molar-refractivity contribution in [2.24, 2.45) is 0 Å². The molecule has 2 heterocycles. The van der Waals surface area contributed by atoms with Crippen LogP contribution in [0.15, 0.2) is 24.3 Å². The largest absolute Gasteiger partial charge is 0.497 e. The molecule has 2 atom stereocenters. The van der Waals surface area contributed by atoms with E-state index in [1.54, 1.807) is 7.11 Å². The molecule has 2 aliphatic heterocycles. The predicted molar refractivity (Wildman–Crippen MR) is 74.2 cm³/mol. The summed E-state index contributed by atoms with van der Waals surface area (Å²) in [6.07, 6.45) is 5.34. The third-order valence-electron chi connectivity index (χ3n) is 4.28. The molecule has 2 saturated heterocycles. The third-order valence-corrected chi connectivity index (χ3v) is 4.28. The number of nitrogens with zero attached hydrogens (tertiary/aromatic N) is 1. The SMILES string of the molecule is COc1ccc(NC2CCN3CCCC3C2)cc1. The fourth-order valence-corrected chi connectivity index (χ4v) is 3.28. The molecular weight excluding hydrogens is 224 g/mol. The molecule has 0 radical (unpaired) electrons. The van der Waals surface area contributed by atoms with Crippen molar-refractivity contribution in [3.63, 3.8) is 0 Å². The Kier molecular flexibility index (Phi) is 3.41. The van der Waals surface area contributed by atoms with Gasteiger partial charge in [-0.2, -0.15) is 0 Å². The van der Waals surface area contributed by atoms with Gasteiger partial charge in [0.05, 0.1) is 7.11 Å². The first-order valence-corrected chi connectivity index (χ1v) is 7.00. The molecule has 1 aromatic carbocycles. The maximum absolute atomic E-state index is 5.18. The normalized spacial score (nSPS) is 27.8. The Labute approximate surface area is 109 Å². The van der Waals surface area contributed by atoms with Crippen molar-refractivity contribution in [3.8, 4) is 5.75 Å². The molecule has 0 spiro atoms. The van der Waals surface area contributed by atoms with E-state index in [2.05, 4.69) is 22.3 Å². The molecule has 3 rings (SSSR count). The number of rotatable bonds is 3. The van der Waals surface area contributed by atoms with Gasteiger partial charge in [0.25, 0.3) is 0 Å². The number of hydrogen-bond donors (Lipinski definition) is 1. The third kappa shape index (κ3) is 2.46. The van der Waals surface area contributed by atoms with E-state index >= 15 is 0 Å². The van der Waals surface area contributed by atoms with E-state index in [1.807, 2.05) is 12.1 Å². The molecule has 2 unspecified atom stereocenters. The van der Waals surface area contributed by atoms with Gasteiger partial charge in [-0.1, -0.05) is 0 Å². The molecule has 1 aromatic rings. The van der Waals surface area contributed by atoms with Crippen molar-refractivity contribution in [1.29, 1.82) is 0 Å². The van der Waals surface area contributed by atoms with Crippen LogP contribution in [-0.4, -0.2) is 37.2 Å². The molecule has 98 valence electrons. The minimum atomic E-state index is 0.637. The molecule has 0 aliphatic carbocycles. The van der Waals surface area contributed by atoms with E-state index in [1.165, 1.54) is 44.5 Å². The summed E-state index contributed by atoms with van der Waals surface area (Å²) in [6, 6.07) is 9.73. The van der Waals surface area contributed by atoms with Gasteiger partial charge in [-0.15, -0.1) is 0 Å². The van der Waals surface area contributed by atoms with Crippen LogP contribution in [0.5, 0.6) is 5.75 Å². The summed E-state index contributed by atoms with van der Waals surface area (Å²) >= 11 is 0. The van der Waals surface area contributed by atoms with Crippen molar-refractivity contribution >= 4 is 5.69 Å². The number of benzene rings is 1. The van der Waals surface area contributed by atoms with Crippen LogP contribution in [0.1, 0.15) is 25.7 Å². The monoisotopic (exact) mass is 246 g/mol. The number of hydrogen-bond acceptors (Lipinski definition) is 3. The van der Waals surface area contributed by atoms with Gasteiger partial charge in [-0.3, -0.25) is 0 Å². The molecule has 3 nitrogen and oxygen atoms in total. The smallest absolute Gasteiger partial charge is 0.119 e. The summed E-state index contributed by atoms with van der Waals surface area (Å²) in [5.41, 5.74) is 1.22. The van der Waals surface area contributed by atoms with Crippen LogP contribution in [0.2, 0.25) is 0 Å². The first-order valence-electron chi connectivity index (χ1n) is 7.00. The van der Waals surface area contributed by atoms with Gasteiger partial charge in [0.1, 0.15) is 5.75 Å². The molecule has 0 aromatic heterocycles. The number of ether oxygens (including phenoxy) is 1. The number of fused-ring (bicyclic) bond motifs is 1. The predicted octanol–water partition coefficient (Wildman–Crippen LogP) is 2.73. The van der Waals surface area contributed by atoms with Crippen LogP contribution in [0.3, 0.4) is 0 Å². The first-order chi connectivity index (χ1) is 8.85. The molecule has 2 fully saturated rings. The molecule has 3 heteroatoms. The van der Waals surface area contributed by atoms with Gasteiger partial charge < -0.3 is 15.0 Å². The lowest BCUT2D eigenvalue weighted by Gasteiger charge is -2.35. The van der Waals surface area contributed by atoms with Crippen molar-refractivity contribution in [3.05, 3.63) is 24.3 Å². The summed E-state index contributed by atoms with van der Waals surface area (Å²) in [5, 5.41) is 3.66. The standard InChI is InChI=1S/C15H22N2O/c1-18-15-6-4-12(5-7-15)16-13-8-10-17-9-2-3-14(17)11-13/h4-7,13-14,16H,2-3,8-11H2,1H3. The summed E-state index contributed by atoms with van der Waals surface area (Å²) in [6.45, 7) is 2.58. The average Bonchev–Trinajstić information content (AvgIpc) is 2.87. The van der Waals surface area contributed by atoms with Gasteiger partial charge in [0, 0.05) is 24.3 Å². The fourth-order valence-electron chi connectivity index (χ4n) is 3.28. The fraction of sp³-hybridized carbons (Fsp3) is 0.600. The molecular formula is C15H22N2O. The highest BCUT2D eigenvalue weighted by molar-refractivity contribution is 5.47. The van der Waals surface area contributed by atoms with Crippen molar-refractivity contribution in [2.75, 3.05) is 25.5 Å². The van der Waals surface area contributed by atoms with Crippen molar-refractivity contribution in [2.45, 2.75) is 37.8 Å². The Bertz CT molecular complexity index is 390. The van der Waals surface area contributed by atoms with Gasteiger partial charge in [0.2, 0.25) is 0 Å². The van der Waals surface area contributed by atoms with Crippen LogP contribution in [-0.2, 0) is 0 Å². The van der Waals surface area contributed by atoms with Crippen LogP contribution in [0, 0.1) is 0 Å². The molecule has 0 bridgehead atoms. The van der Waals surface area contributed by atoms with E-state index in [9.17, 15) is 0 Å². The summed E-state index contributed by atoms with van der Waals surface area (Å²) < 4.78 is 5.18. The molecule has 2 aliphatic rings. The van der Waals surface area contributed by atoms with Crippen LogP contribution < -0.4 is 10.1 Å². The van der Waals surface area contributed by atoms with Gasteiger partial charge in [-0.25, -0.2) is 0 Å². The molecule has 0 saturated carbocycles. The minimum absolute atomic E-state index is 0.637. The lowest BCUT2D eigenvalue weighted by atomic mass is 9.97. The number of anilines is 1. The first kappa shape index (κ1) is 11.8. The van der Waals surface area contributed by atoms with E-state index in [0.29, 0.717) is 6.04 Å². The highest BCUT2D eigenvalue weighted by atomic mass is 16.5. The molecule has 0 amide bonds. The lowest BCUT2D eigenvalue weighted by molar-refractivity contribution is 0.188. The summed E-state index contributed by atoms with van der Waals surface area (Å²) in [7, 11) is 1.71. The van der Waals surface area contributed by atoms with Crippen LogP contribution >= 0.6 is 0 Å². The van der Waals surface area contributed by atoms with E-state index in [0.717, 1.165) is 11.8 Å². The Hall–Kier alpha value is -1.22. The van der Waals surface area contributed by atoms with Gasteiger partial charge >= 0.3 is 0 Å².